The summed E-state index contributed by atoms with van der Waals surface area (Å²) < 4.78 is 17.6. The molecule has 0 amide bonds. The van der Waals surface area contributed by atoms with Crippen LogP contribution in [0.15, 0.2) is 53.9 Å². The fraction of sp³-hybridized carbons (Fsp3) is 0.300. The lowest BCUT2D eigenvalue weighted by Gasteiger charge is -2.26. The maximum atomic E-state index is 13.4. The highest BCUT2D eigenvalue weighted by molar-refractivity contribution is 5.67. The zero-order chi connectivity index (χ0) is 18.8. The molecule has 2 aromatic heterocycles. The summed E-state index contributed by atoms with van der Waals surface area (Å²) in [4.78, 5) is 9.08. The van der Waals surface area contributed by atoms with Crippen molar-refractivity contribution in [3.8, 4) is 17.1 Å². The van der Waals surface area contributed by atoms with Crippen molar-refractivity contribution in [2.45, 2.75) is 18.9 Å². The number of piperidine rings is 1. The number of hydrogen-bond acceptors (Lipinski definition) is 4. The molecule has 0 saturated carbocycles. The smallest absolute Gasteiger partial charge is 0.146 e. The van der Waals surface area contributed by atoms with E-state index in [1.807, 2.05) is 29.2 Å². The molecule has 27 heavy (non-hydrogen) atoms. The second kappa shape index (κ2) is 7.36. The minimum atomic E-state index is -0.262. The number of benzene rings is 1. The maximum absolute atomic E-state index is 13.4. The van der Waals surface area contributed by atoms with E-state index in [2.05, 4.69) is 14.9 Å². The van der Waals surface area contributed by atoms with Crippen LogP contribution in [0.2, 0.25) is 0 Å². The molecule has 3 heterocycles. The average molecular weight is 366 g/mol. The van der Waals surface area contributed by atoms with Crippen LogP contribution in [0.4, 0.5) is 10.1 Å². The molecule has 0 aliphatic carbocycles. The van der Waals surface area contributed by atoms with Gasteiger partial charge in [-0.05, 0) is 56.3 Å². The van der Waals surface area contributed by atoms with E-state index in [1.54, 1.807) is 19.2 Å². The second-order valence-electron chi connectivity index (χ2n) is 6.72. The fourth-order valence-electron chi connectivity index (χ4n) is 3.61. The highest BCUT2D eigenvalue weighted by Crippen LogP contribution is 2.30. The fourth-order valence-corrected chi connectivity index (χ4v) is 3.61. The van der Waals surface area contributed by atoms with Crippen LogP contribution in [0.1, 0.15) is 18.9 Å². The van der Waals surface area contributed by atoms with E-state index in [4.69, 9.17) is 10.7 Å². The summed E-state index contributed by atoms with van der Waals surface area (Å²) in [5.41, 5.74) is 9.02. The highest BCUT2D eigenvalue weighted by atomic mass is 19.1. The van der Waals surface area contributed by atoms with Crippen LogP contribution >= 0.6 is 0 Å². The van der Waals surface area contributed by atoms with Gasteiger partial charge in [0.1, 0.15) is 22.8 Å². The predicted molar refractivity (Wildman–Crippen MR) is 104 cm³/mol. The summed E-state index contributed by atoms with van der Waals surface area (Å²) in [5.74, 6) is 0.664. The van der Waals surface area contributed by atoms with Crippen molar-refractivity contribution in [3.63, 3.8) is 0 Å². The van der Waals surface area contributed by atoms with Crippen LogP contribution in [0.5, 0.6) is 0 Å². The van der Waals surface area contributed by atoms with Gasteiger partial charge in [0.15, 0.2) is 0 Å². The Morgan fingerprint density at radius 1 is 1.19 bits per heavy atom. The molecule has 1 aliphatic heterocycles. The van der Waals surface area contributed by atoms with E-state index in [9.17, 15) is 4.39 Å². The monoisotopic (exact) mass is 366 g/mol. The van der Waals surface area contributed by atoms with Gasteiger partial charge in [-0.1, -0.05) is 0 Å². The first-order chi connectivity index (χ1) is 13.2. The average Bonchev–Trinajstić information content (AvgIpc) is 3.14. The Bertz CT molecular complexity index is 996. The summed E-state index contributed by atoms with van der Waals surface area (Å²) in [7, 11) is 1.74. The predicted octanol–water partition coefficient (Wildman–Crippen LogP) is 2.52. The Morgan fingerprint density at radius 2 is 1.93 bits per heavy atom. The van der Waals surface area contributed by atoms with E-state index in [-0.39, 0.29) is 5.82 Å². The molecule has 6 nitrogen and oxygen atoms in total. The molecule has 0 bridgehead atoms. The van der Waals surface area contributed by atoms with E-state index >= 15 is 0 Å². The molecule has 4 rings (SSSR count). The lowest BCUT2D eigenvalue weighted by atomic mass is 10.1. The van der Waals surface area contributed by atoms with Crippen molar-refractivity contribution in [1.29, 1.82) is 0 Å². The molecular formula is C20H23FN6. The number of nitrogens with one attached hydrogen (secondary N) is 1. The van der Waals surface area contributed by atoms with E-state index in [0.29, 0.717) is 11.7 Å². The minimum absolute atomic E-state index is 0.262. The van der Waals surface area contributed by atoms with Gasteiger partial charge in [0, 0.05) is 36.6 Å². The summed E-state index contributed by atoms with van der Waals surface area (Å²) in [6.07, 6.45) is 5.85. The molecular weight excluding hydrogens is 343 g/mol. The number of nitrogen functional groups attached to an aromatic ring is 1. The molecule has 1 aromatic carbocycles. The molecule has 3 N–H and O–H groups in total. The summed E-state index contributed by atoms with van der Waals surface area (Å²) in [6, 6.07) is 10.5. The third-order valence-electron chi connectivity index (χ3n) is 5.00. The second-order valence-corrected chi connectivity index (χ2v) is 6.72. The molecule has 0 spiro atoms. The standard InChI is InChI=1S/C20H23FN6/c1-23-18-12-16(22)8-11-26(18)20-19(14-2-4-15(21)5-3-14)25-13-27(20)17-6-9-24-10-7-17/h2-5,8,11-13,17,24H,6-7,9-10,22H2,1H3. The van der Waals surface area contributed by atoms with Gasteiger partial charge < -0.3 is 15.6 Å². The van der Waals surface area contributed by atoms with E-state index in [1.165, 1.54) is 12.1 Å². The minimum Gasteiger partial charge on any atom is -0.399 e. The number of anilines is 1. The normalized spacial score (nSPS) is 16.0. The topological polar surface area (TPSA) is 73.2 Å². The van der Waals surface area contributed by atoms with E-state index < -0.39 is 0 Å². The number of rotatable bonds is 3. The van der Waals surface area contributed by atoms with Crippen LogP contribution in [0.3, 0.4) is 0 Å². The van der Waals surface area contributed by atoms with Gasteiger partial charge in [-0.3, -0.25) is 9.56 Å². The summed E-state index contributed by atoms with van der Waals surface area (Å²) >= 11 is 0. The number of aromatic nitrogens is 3. The Balaban J connectivity index is 1.93. The molecule has 0 atom stereocenters. The van der Waals surface area contributed by atoms with Crippen LogP contribution in [-0.2, 0) is 0 Å². The van der Waals surface area contributed by atoms with Crippen molar-refractivity contribution in [1.82, 2.24) is 19.4 Å². The van der Waals surface area contributed by atoms with Gasteiger partial charge in [0.25, 0.3) is 0 Å². The maximum Gasteiger partial charge on any atom is 0.146 e. The number of imidazole rings is 1. The van der Waals surface area contributed by atoms with Gasteiger partial charge >= 0.3 is 0 Å². The first-order valence-electron chi connectivity index (χ1n) is 9.12. The zero-order valence-corrected chi connectivity index (χ0v) is 15.3. The van der Waals surface area contributed by atoms with Gasteiger partial charge in [-0.15, -0.1) is 0 Å². The van der Waals surface area contributed by atoms with E-state index in [0.717, 1.165) is 48.5 Å². The molecule has 1 fully saturated rings. The molecule has 140 valence electrons. The number of pyridine rings is 1. The number of hydrogen-bond donors (Lipinski definition) is 2. The molecule has 1 saturated heterocycles. The number of halogens is 1. The zero-order valence-electron chi connectivity index (χ0n) is 15.3. The summed E-state index contributed by atoms with van der Waals surface area (Å²) in [6.45, 7) is 1.96. The number of nitrogens with two attached hydrogens (primary N) is 1. The third-order valence-corrected chi connectivity index (χ3v) is 5.00. The van der Waals surface area contributed by atoms with Crippen molar-refractivity contribution >= 4 is 5.69 Å². The SMILES string of the molecule is CN=c1cc(N)ccn1-c1c(-c2ccc(F)cc2)ncn1C1CCNCC1. The number of nitrogens with zero attached hydrogens (tertiary/aromatic N) is 4. The molecule has 3 aromatic rings. The van der Waals surface area contributed by atoms with Crippen LogP contribution < -0.4 is 16.5 Å². The van der Waals surface area contributed by atoms with Crippen molar-refractivity contribution in [3.05, 3.63) is 60.2 Å². The Morgan fingerprint density at radius 3 is 2.63 bits per heavy atom. The lowest BCUT2D eigenvalue weighted by molar-refractivity contribution is 0.365. The van der Waals surface area contributed by atoms with Crippen molar-refractivity contribution in [2.75, 3.05) is 25.9 Å². The largest absolute Gasteiger partial charge is 0.399 e. The third kappa shape index (κ3) is 3.38. The van der Waals surface area contributed by atoms with Gasteiger partial charge in [-0.2, -0.15) is 0 Å². The Hall–Kier alpha value is -2.93. The Kier molecular flexibility index (Phi) is 4.77. The molecule has 1 aliphatic rings. The molecule has 0 unspecified atom stereocenters. The van der Waals surface area contributed by atoms with Crippen LogP contribution in [-0.4, -0.2) is 34.3 Å². The van der Waals surface area contributed by atoms with Gasteiger partial charge in [0.2, 0.25) is 0 Å². The first-order valence-corrected chi connectivity index (χ1v) is 9.12. The lowest BCUT2D eigenvalue weighted by Crippen LogP contribution is -2.31. The highest BCUT2D eigenvalue weighted by Gasteiger charge is 2.22. The molecule has 0 radical (unpaired) electrons. The van der Waals surface area contributed by atoms with Crippen LogP contribution in [0.25, 0.3) is 17.1 Å². The molecule has 7 heteroatoms. The van der Waals surface area contributed by atoms with Gasteiger partial charge in [0.05, 0.1) is 6.33 Å². The quantitative estimate of drug-likeness (QED) is 0.748. The van der Waals surface area contributed by atoms with Crippen LogP contribution in [0, 0.1) is 5.82 Å². The van der Waals surface area contributed by atoms with Crippen molar-refractivity contribution in [2.24, 2.45) is 4.99 Å². The van der Waals surface area contributed by atoms with Gasteiger partial charge in [-0.25, -0.2) is 9.37 Å². The Labute approximate surface area is 157 Å². The van der Waals surface area contributed by atoms with Crippen molar-refractivity contribution < 1.29 is 4.39 Å². The first kappa shape index (κ1) is 17.5. The summed E-state index contributed by atoms with van der Waals surface area (Å²) in [5, 5.41) is 3.40.